The number of hydrogen-bond acceptors (Lipinski definition) is 1. The normalized spacial score (nSPS) is 59.8. The molecule has 0 radical (unpaired) electrons. The lowest BCUT2D eigenvalue weighted by Gasteiger charge is -2.73. The lowest BCUT2D eigenvalue weighted by Crippen LogP contribution is -2.73. The third kappa shape index (κ3) is 1.46. The Morgan fingerprint density at radius 1 is 0.970 bits per heavy atom. The molecule has 1 nitrogen and oxygen atoms in total. The van der Waals surface area contributed by atoms with Gasteiger partial charge in [0.25, 0.3) is 0 Å². The van der Waals surface area contributed by atoms with Crippen LogP contribution in [0.15, 0.2) is 47.1 Å². The van der Waals surface area contributed by atoms with E-state index in [0.29, 0.717) is 32.6 Å². The van der Waals surface area contributed by atoms with Crippen molar-refractivity contribution >= 4 is 0 Å². The average molecular weight is 440 g/mol. The van der Waals surface area contributed by atoms with Crippen LogP contribution in [0.4, 0.5) is 0 Å². The number of allylic oxidation sites excluding steroid dienone is 3. The van der Waals surface area contributed by atoms with Crippen LogP contribution in [-0.4, -0.2) is 22.5 Å². The summed E-state index contributed by atoms with van der Waals surface area (Å²) in [6.07, 6.45) is 31.0. The van der Waals surface area contributed by atoms with Crippen LogP contribution < -0.4 is 0 Å². The van der Waals surface area contributed by atoms with Crippen LogP contribution in [0.2, 0.25) is 0 Å². The molecule has 174 valence electrons. The van der Waals surface area contributed by atoms with Gasteiger partial charge in [0.1, 0.15) is 0 Å². The Bertz CT molecular complexity index is 1140. The predicted octanol–water partition coefficient (Wildman–Crippen LogP) is 7.51. The van der Waals surface area contributed by atoms with Crippen LogP contribution in [0.3, 0.4) is 0 Å². The van der Waals surface area contributed by atoms with Crippen molar-refractivity contribution in [2.75, 3.05) is 6.54 Å². The Hall–Kier alpha value is -1.08. The van der Waals surface area contributed by atoms with Gasteiger partial charge in [0, 0.05) is 28.3 Å². The van der Waals surface area contributed by atoms with Gasteiger partial charge in [-0.3, -0.25) is 4.90 Å². The highest BCUT2D eigenvalue weighted by Crippen LogP contribution is 2.90. The second-order valence-electron chi connectivity index (χ2n) is 14.5. The molecule has 3 heterocycles. The summed E-state index contributed by atoms with van der Waals surface area (Å²) >= 11 is 0. The number of hydrogen-bond donors (Lipinski definition) is 0. The molecule has 8 atom stereocenters. The number of rotatable bonds is 0. The van der Waals surface area contributed by atoms with Crippen LogP contribution in [0.1, 0.15) is 97.8 Å². The van der Waals surface area contributed by atoms with Crippen molar-refractivity contribution in [1.29, 1.82) is 0 Å². The third-order valence-electron chi connectivity index (χ3n) is 14.6. The molecule has 5 fully saturated rings. The van der Waals surface area contributed by atoms with Gasteiger partial charge in [-0.15, -0.1) is 0 Å². The maximum absolute atomic E-state index is 3.15. The second kappa shape index (κ2) is 5.07. The van der Waals surface area contributed by atoms with Gasteiger partial charge in [-0.05, 0) is 87.0 Å². The van der Waals surface area contributed by atoms with E-state index in [1.165, 1.54) is 83.6 Å². The second-order valence-corrected chi connectivity index (χ2v) is 14.5. The summed E-state index contributed by atoms with van der Waals surface area (Å²) in [6.45, 7) is 9.42. The van der Waals surface area contributed by atoms with Crippen molar-refractivity contribution in [3.8, 4) is 0 Å². The Morgan fingerprint density at radius 2 is 1.82 bits per heavy atom. The van der Waals surface area contributed by atoms with E-state index in [1.54, 1.807) is 11.1 Å². The van der Waals surface area contributed by atoms with Crippen LogP contribution >= 0.6 is 0 Å². The summed E-state index contributed by atoms with van der Waals surface area (Å²) in [5, 5.41) is 0. The molecule has 0 aromatic rings. The third-order valence-corrected chi connectivity index (χ3v) is 14.6. The van der Waals surface area contributed by atoms with E-state index >= 15 is 0 Å². The van der Waals surface area contributed by atoms with Gasteiger partial charge in [0.05, 0.1) is 5.54 Å². The Morgan fingerprint density at radius 3 is 2.67 bits per heavy atom. The van der Waals surface area contributed by atoms with Crippen molar-refractivity contribution in [3.63, 3.8) is 0 Å². The molecular weight excluding hydrogens is 398 g/mol. The number of nitrogens with zero attached hydrogens (tertiary/aromatic N) is 1. The zero-order valence-corrected chi connectivity index (χ0v) is 21.1. The smallest absolute Gasteiger partial charge is 0.0719 e. The summed E-state index contributed by atoms with van der Waals surface area (Å²) in [7, 11) is 0. The molecule has 7 aliphatic carbocycles. The lowest BCUT2D eigenvalue weighted by molar-refractivity contribution is -0.217. The highest BCUT2D eigenvalue weighted by atomic mass is 15.4. The fourth-order valence-electron chi connectivity index (χ4n) is 13.7. The van der Waals surface area contributed by atoms with Gasteiger partial charge in [-0.2, -0.15) is 0 Å². The van der Waals surface area contributed by atoms with Crippen molar-refractivity contribution in [2.45, 2.75) is 109 Å². The first-order valence-corrected chi connectivity index (χ1v) is 14.4. The molecule has 4 saturated carbocycles. The first-order chi connectivity index (χ1) is 15.9. The summed E-state index contributed by atoms with van der Waals surface area (Å²) in [4.78, 5) is 3.15. The summed E-state index contributed by atoms with van der Waals surface area (Å²) in [5.41, 5.74) is 8.14. The molecule has 0 aromatic heterocycles. The molecule has 1 unspecified atom stereocenters. The van der Waals surface area contributed by atoms with E-state index in [1.807, 2.05) is 5.57 Å². The van der Waals surface area contributed by atoms with Gasteiger partial charge in [0.2, 0.25) is 0 Å². The van der Waals surface area contributed by atoms with Crippen molar-refractivity contribution in [1.82, 2.24) is 4.90 Å². The van der Waals surface area contributed by atoms with E-state index in [2.05, 4.69) is 56.1 Å². The Balaban J connectivity index is 1.43. The zero-order chi connectivity index (χ0) is 22.1. The average Bonchev–Trinajstić information content (AvgIpc) is 3.00. The minimum absolute atomic E-state index is 0.149. The van der Waals surface area contributed by atoms with E-state index < -0.39 is 0 Å². The first kappa shape index (κ1) is 19.1. The van der Waals surface area contributed by atoms with Gasteiger partial charge in [0.15, 0.2) is 0 Å². The van der Waals surface area contributed by atoms with E-state index in [0.717, 1.165) is 5.92 Å². The first-order valence-electron chi connectivity index (χ1n) is 14.4. The maximum Gasteiger partial charge on any atom is 0.0719 e. The molecule has 0 N–H and O–H groups in total. The fourth-order valence-corrected chi connectivity index (χ4v) is 13.7. The zero-order valence-electron chi connectivity index (χ0n) is 21.1. The molecule has 1 saturated heterocycles. The van der Waals surface area contributed by atoms with Crippen molar-refractivity contribution in [2.24, 2.45) is 33.0 Å². The monoisotopic (exact) mass is 439 g/mol. The minimum Gasteiger partial charge on any atom is -0.280 e. The molecular formula is C32H41N. The van der Waals surface area contributed by atoms with Crippen LogP contribution in [0.25, 0.3) is 0 Å². The fraction of sp³-hybridized carbons (Fsp3) is 0.750. The molecule has 33 heavy (non-hydrogen) atoms. The van der Waals surface area contributed by atoms with Gasteiger partial charge in [-0.1, -0.05) is 74.6 Å². The molecule has 0 amide bonds. The summed E-state index contributed by atoms with van der Waals surface area (Å²) in [5.74, 6) is 0.845. The molecule has 3 aliphatic heterocycles. The van der Waals surface area contributed by atoms with Gasteiger partial charge in [-0.25, -0.2) is 0 Å². The predicted molar refractivity (Wildman–Crippen MR) is 134 cm³/mol. The SMILES string of the molecule is CC1=C2C[C@]34C5(CCCC5)C[C@@H](C)[C@@]2(CC1)[C@@]3(C)CC=C1C=C[C@]23C=C[C@@]14N1C[C@@]12CCC3. The van der Waals surface area contributed by atoms with Crippen LogP contribution in [0, 0.1) is 33.0 Å². The molecule has 0 aromatic carbocycles. The van der Waals surface area contributed by atoms with Crippen molar-refractivity contribution < 1.29 is 0 Å². The minimum atomic E-state index is 0.149. The van der Waals surface area contributed by atoms with Gasteiger partial charge >= 0.3 is 0 Å². The van der Waals surface area contributed by atoms with Gasteiger partial charge < -0.3 is 0 Å². The van der Waals surface area contributed by atoms with E-state index in [9.17, 15) is 0 Å². The molecule has 4 bridgehead atoms. The summed E-state index contributed by atoms with van der Waals surface area (Å²) < 4.78 is 0. The highest BCUT2D eigenvalue weighted by Gasteiger charge is 2.88. The van der Waals surface area contributed by atoms with Crippen LogP contribution in [0.5, 0.6) is 0 Å². The summed E-state index contributed by atoms with van der Waals surface area (Å²) in [6, 6.07) is 0. The van der Waals surface area contributed by atoms with Crippen LogP contribution in [-0.2, 0) is 0 Å². The lowest BCUT2D eigenvalue weighted by atomic mass is 9.32. The topological polar surface area (TPSA) is 3.01 Å². The molecule has 1 heteroatoms. The largest absolute Gasteiger partial charge is 0.280 e. The quantitative estimate of drug-likeness (QED) is 0.279. The highest BCUT2D eigenvalue weighted by molar-refractivity contribution is 5.62. The maximum atomic E-state index is 3.15. The molecule has 5 spiro atoms. The van der Waals surface area contributed by atoms with Crippen molar-refractivity contribution in [3.05, 3.63) is 47.1 Å². The molecule has 10 aliphatic rings. The Kier molecular flexibility index (Phi) is 2.94. The van der Waals surface area contributed by atoms with E-state index in [-0.39, 0.29) is 5.54 Å². The standard InChI is InChI=1S/C32H41N/c1-22-7-16-30-23(2)19-28(10-4-5-11-28)32(20-25(22)30)26(30,3)14-8-24-9-15-27-12-6-13-29(27)21-33(29)31(24,32)18-17-27/h8-9,15,17-18,23H,4-7,10-14,16,19-21H2,1-3H3/t23-,26-,27-,29-,30-,31-,32-,33?/m1/s1. The molecule has 10 rings (SSSR count). The van der Waals surface area contributed by atoms with E-state index in [4.69, 9.17) is 0 Å². The Labute approximate surface area is 200 Å².